The maximum Gasteiger partial charge on any atom is 0.242 e. The average molecular weight is 327 g/mol. The fraction of sp³-hybridized carbons (Fsp3) is 0.250. The molecule has 110 valence electrons. The van der Waals surface area contributed by atoms with Gasteiger partial charge in [-0.1, -0.05) is 16.8 Å². The lowest BCUT2D eigenvalue weighted by Gasteiger charge is -2.07. The Labute approximate surface area is 126 Å². The van der Waals surface area contributed by atoms with Gasteiger partial charge in [0, 0.05) is 19.9 Å². The maximum absolute atomic E-state index is 12.1. The zero-order valence-electron chi connectivity index (χ0n) is 11.0. The normalized spacial score (nSPS) is 11.3. The fourth-order valence-electron chi connectivity index (χ4n) is 1.61. The molecule has 0 unspecified atom stereocenters. The minimum absolute atomic E-state index is 0.00282. The molecule has 9 heteroatoms. The molecule has 0 spiro atoms. The third-order valence-corrected chi connectivity index (χ3v) is 4.50. The van der Waals surface area contributed by atoms with Crippen molar-refractivity contribution in [3.8, 4) is 6.07 Å². The van der Waals surface area contributed by atoms with Gasteiger partial charge in [0.1, 0.15) is 4.90 Å². The van der Waals surface area contributed by atoms with Crippen molar-refractivity contribution in [1.29, 1.82) is 5.26 Å². The summed E-state index contributed by atoms with van der Waals surface area (Å²) in [5.74, 6) is 0.837. The zero-order chi connectivity index (χ0) is 15.5. The lowest BCUT2D eigenvalue weighted by molar-refractivity contribution is 0.387. The van der Waals surface area contributed by atoms with Crippen LogP contribution in [-0.4, -0.2) is 25.1 Å². The molecule has 0 aliphatic heterocycles. The molecule has 0 radical (unpaired) electrons. The van der Waals surface area contributed by atoms with Crippen LogP contribution >= 0.6 is 11.6 Å². The van der Waals surface area contributed by atoms with Gasteiger partial charge in [0.25, 0.3) is 0 Å². The molecule has 1 aromatic carbocycles. The summed E-state index contributed by atoms with van der Waals surface area (Å²) in [7, 11) is -3.76. The Balaban J connectivity index is 2.06. The number of nitrogens with one attached hydrogen (secondary N) is 1. The molecule has 0 aliphatic rings. The van der Waals surface area contributed by atoms with E-state index in [4.69, 9.17) is 21.4 Å². The Morgan fingerprint density at radius 2 is 2.24 bits per heavy atom. The Morgan fingerprint density at radius 3 is 2.81 bits per heavy atom. The van der Waals surface area contributed by atoms with Gasteiger partial charge < -0.3 is 4.52 Å². The molecule has 2 aromatic rings. The predicted octanol–water partition coefficient (Wildman–Crippen LogP) is 1.42. The Hall–Kier alpha value is -1.95. The molecular formula is C12H11ClN4O3S. The number of aromatic nitrogens is 2. The number of hydrogen-bond acceptors (Lipinski definition) is 6. The largest absolute Gasteiger partial charge is 0.340 e. The highest BCUT2D eigenvalue weighted by Crippen LogP contribution is 2.22. The molecular weight excluding hydrogens is 316 g/mol. The van der Waals surface area contributed by atoms with Crippen LogP contribution in [0.4, 0.5) is 0 Å². The van der Waals surface area contributed by atoms with Crippen molar-refractivity contribution in [2.24, 2.45) is 0 Å². The van der Waals surface area contributed by atoms with Crippen LogP contribution in [0.25, 0.3) is 0 Å². The summed E-state index contributed by atoms with van der Waals surface area (Å²) in [5, 5.41) is 12.4. The first-order chi connectivity index (χ1) is 9.92. The molecule has 0 atom stereocenters. The van der Waals surface area contributed by atoms with E-state index >= 15 is 0 Å². The molecule has 7 nitrogen and oxygen atoms in total. The minimum Gasteiger partial charge on any atom is -0.340 e. The molecule has 0 saturated heterocycles. The summed E-state index contributed by atoms with van der Waals surface area (Å²) in [4.78, 5) is 3.89. The average Bonchev–Trinajstić information content (AvgIpc) is 2.83. The second-order valence-electron chi connectivity index (χ2n) is 4.13. The van der Waals surface area contributed by atoms with Crippen molar-refractivity contribution in [2.75, 3.05) is 6.54 Å². The fourth-order valence-corrected chi connectivity index (χ4v) is 3.18. The van der Waals surface area contributed by atoms with Crippen molar-refractivity contribution in [1.82, 2.24) is 14.9 Å². The van der Waals surface area contributed by atoms with Gasteiger partial charge in [0.05, 0.1) is 16.7 Å². The van der Waals surface area contributed by atoms with Crippen LogP contribution in [0.3, 0.4) is 0 Å². The number of halogens is 1. The maximum atomic E-state index is 12.1. The number of benzene rings is 1. The molecule has 0 bridgehead atoms. The third-order valence-electron chi connectivity index (χ3n) is 2.56. The molecule has 1 N–H and O–H groups in total. The number of sulfonamides is 1. The molecule has 0 amide bonds. The number of nitrogens with zero attached hydrogens (tertiary/aromatic N) is 3. The van der Waals surface area contributed by atoms with Crippen LogP contribution in [-0.2, 0) is 16.4 Å². The second-order valence-corrected chi connectivity index (χ2v) is 6.28. The summed E-state index contributed by atoms with van der Waals surface area (Å²) in [6.45, 7) is 1.76. The van der Waals surface area contributed by atoms with Gasteiger partial charge in [-0.2, -0.15) is 10.2 Å². The standard InChI is InChI=1S/C12H11ClN4O3S/c1-8-16-12(17-20-8)4-5-15-21(18,19)11-3-2-9(7-14)6-10(11)13/h2-3,6,15H,4-5H2,1H3. The van der Waals surface area contributed by atoms with Crippen LogP contribution in [0.15, 0.2) is 27.6 Å². The minimum atomic E-state index is -3.76. The van der Waals surface area contributed by atoms with E-state index in [0.29, 0.717) is 23.7 Å². The van der Waals surface area contributed by atoms with Crippen LogP contribution in [0.2, 0.25) is 5.02 Å². The molecule has 0 fully saturated rings. The van der Waals surface area contributed by atoms with Crippen LogP contribution in [0.5, 0.6) is 0 Å². The molecule has 0 saturated carbocycles. The lowest BCUT2D eigenvalue weighted by Crippen LogP contribution is -2.26. The van der Waals surface area contributed by atoms with Gasteiger partial charge in [0.15, 0.2) is 5.82 Å². The smallest absolute Gasteiger partial charge is 0.242 e. The van der Waals surface area contributed by atoms with E-state index in [9.17, 15) is 8.42 Å². The highest BCUT2D eigenvalue weighted by molar-refractivity contribution is 7.89. The van der Waals surface area contributed by atoms with Gasteiger partial charge in [0.2, 0.25) is 15.9 Å². The van der Waals surface area contributed by atoms with E-state index in [1.54, 1.807) is 6.92 Å². The van der Waals surface area contributed by atoms with E-state index < -0.39 is 10.0 Å². The molecule has 1 heterocycles. The summed E-state index contributed by atoms with van der Waals surface area (Å²) in [6.07, 6.45) is 0.296. The molecule has 1 aromatic heterocycles. The van der Waals surface area contributed by atoms with Gasteiger partial charge in [-0.15, -0.1) is 0 Å². The van der Waals surface area contributed by atoms with Gasteiger partial charge in [-0.25, -0.2) is 13.1 Å². The van der Waals surface area contributed by atoms with Crippen LogP contribution in [0, 0.1) is 18.3 Å². The zero-order valence-corrected chi connectivity index (χ0v) is 12.6. The van der Waals surface area contributed by atoms with Crippen molar-refractivity contribution in [2.45, 2.75) is 18.2 Å². The van der Waals surface area contributed by atoms with E-state index in [-0.39, 0.29) is 16.5 Å². The summed E-state index contributed by atoms with van der Waals surface area (Å²) >= 11 is 5.88. The monoisotopic (exact) mass is 326 g/mol. The number of nitriles is 1. The van der Waals surface area contributed by atoms with Gasteiger partial charge in [-0.05, 0) is 18.2 Å². The van der Waals surface area contributed by atoms with E-state index in [2.05, 4.69) is 14.9 Å². The number of hydrogen-bond donors (Lipinski definition) is 1. The lowest BCUT2D eigenvalue weighted by atomic mass is 10.2. The predicted molar refractivity (Wildman–Crippen MR) is 74.1 cm³/mol. The van der Waals surface area contributed by atoms with E-state index in [0.717, 1.165) is 0 Å². The Morgan fingerprint density at radius 1 is 1.48 bits per heavy atom. The third kappa shape index (κ3) is 3.78. The first-order valence-electron chi connectivity index (χ1n) is 5.91. The summed E-state index contributed by atoms with van der Waals surface area (Å²) in [6, 6.07) is 5.88. The molecule has 0 aliphatic carbocycles. The number of aryl methyl sites for hydroxylation is 1. The van der Waals surface area contributed by atoms with Crippen LogP contribution in [0.1, 0.15) is 17.3 Å². The topological polar surface area (TPSA) is 109 Å². The van der Waals surface area contributed by atoms with Gasteiger partial charge >= 0.3 is 0 Å². The second kappa shape index (κ2) is 6.22. The molecule has 2 rings (SSSR count). The molecule has 21 heavy (non-hydrogen) atoms. The first-order valence-corrected chi connectivity index (χ1v) is 7.77. The van der Waals surface area contributed by atoms with Crippen molar-refractivity contribution >= 4 is 21.6 Å². The quantitative estimate of drug-likeness (QED) is 0.890. The summed E-state index contributed by atoms with van der Waals surface area (Å²) < 4.78 is 31.4. The van der Waals surface area contributed by atoms with Gasteiger partial charge in [-0.3, -0.25) is 0 Å². The highest BCUT2D eigenvalue weighted by Gasteiger charge is 2.18. The highest BCUT2D eigenvalue weighted by atomic mass is 35.5. The first kappa shape index (κ1) is 15.4. The van der Waals surface area contributed by atoms with Crippen molar-refractivity contribution in [3.63, 3.8) is 0 Å². The summed E-state index contributed by atoms with van der Waals surface area (Å²) in [5.41, 5.74) is 0.293. The Kier molecular flexibility index (Phi) is 4.57. The van der Waals surface area contributed by atoms with Crippen LogP contribution < -0.4 is 4.72 Å². The van der Waals surface area contributed by atoms with E-state index in [1.165, 1.54) is 18.2 Å². The van der Waals surface area contributed by atoms with Crippen molar-refractivity contribution in [3.05, 3.63) is 40.5 Å². The Bertz CT molecular complexity index is 795. The number of rotatable bonds is 5. The SMILES string of the molecule is Cc1nc(CCNS(=O)(=O)c2ccc(C#N)cc2Cl)no1. The van der Waals surface area contributed by atoms with E-state index in [1.807, 2.05) is 6.07 Å². The van der Waals surface area contributed by atoms with Crippen molar-refractivity contribution < 1.29 is 12.9 Å².